The van der Waals surface area contributed by atoms with Crippen molar-refractivity contribution in [1.29, 1.82) is 0 Å². The van der Waals surface area contributed by atoms with Crippen LogP contribution in [0.25, 0.3) is 0 Å². The van der Waals surface area contributed by atoms with Crippen LogP contribution in [0.4, 0.5) is 0 Å². The van der Waals surface area contributed by atoms with E-state index in [-0.39, 0.29) is 0 Å². The van der Waals surface area contributed by atoms with Gasteiger partial charge in [0, 0.05) is 9.79 Å². The minimum Gasteiger partial charge on any atom is -0.0901 e. The summed E-state index contributed by atoms with van der Waals surface area (Å²) in [6, 6.07) is 19.0. The maximum absolute atomic E-state index is 2.16. The molecule has 16 heavy (non-hydrogen) atoms. The fourth-order valence-corrected chi connectivity index (χ4v) is 2.07. The fourth-order valence-electron chi connectivity index (χ4n) is 1.23. The maximum atomic E-state index is 2.16. The highest BCUT2D eigenvalue weighted by Gasteiger charge is 1.94. The van der Waals surface area contributed by atoms with E-state index < -0.39 is 0 Å². The Morgan fingerprint density at radius 3 is 1.75 bits per heavy atom. The molecule has 0 atom stereocenters. The van der Waals surface area contributed by atoms with Crippen molar-refractivity contribution in [3.05, 3.63) is 60.2 Å². The van der Waals surface area contributed by atoms with E-state index in [1.165, 1.54) is 15.4 Å². The van der Waals surface area contributed by atoms with Gasteiger partial charge in [-0.3, -0.25) is 0 Å². The van der Waals surface area contributed by atoms with E-state index in [4.69, 9.17) is 0 Å². The van der Waals surface area contributed by atoms with Crippen LogP contribution >= 0.6 is 11.8 Å². The molecule has 0 N–H and O–H groups in total. The first-order valence-corrected chi connectivity index (χ1v) is 6.46. The third-order valence-electron chi connectivity index (χ3n) is 2.00. The molecule has 0 unspecified atom stereocenters. The molecule has 2 aromatic rings. The van der Waals surface area contributed by atoms with Gasteiger partial charge in [0.2, 0.25) is 0 Å². The lowest BCUT2D eigenvalue weighted by Crippen LogP contribution is -1.74. The highest BCUT2D eigenvalue weighted by molar-refractivity contribution is 7.99. The Labute approximate surface area is 103 Å². The van der Waals surface area contributed by atoms with Gasteiger partial charge in [-0.25, -0.2) is 0 Å². The van der Waals surface area contributed by atoms with Gasteiger partial charge in [0.15, 0.2) is 0 Å². The molecule has 0 fully saturated rings. The molecule has 2 rings (SSSR count). The minimum absolute atomic E-state index is 1.29. The van der Waals surface area contributed by atoms with Gasteiger partial charge in [0.05, 0.1) is 0 Å². The lowest BCUT2D eigenvalue weighted by atomic mass is 10.2. The largest absolute Gasteiger partial charge is 0.0901 e. The van der Waals surface area contributed by atoms with Crippen LogP contribution in [0.3, 0.4) is 0 Å². The van der Waals surface area contributed by atoms with Crippen LogP contribution < -0.4 is 0 Å². The molecule has 0 spiro atoms. The number of aryl methyl sites for hydroxylation is 1. The normalized spacial score (nSPS) is 9.19. The average Bonchev–Trinajstić information content (AvgIpc) is 2.36. The van der Waals surface area contributed by atoms with Crippen molar-refractivity contribution in [1.82, 2.24) is 0 Å². The third-order valence-corrected chi connectivity index (χ3v) is 3.02. The van der Waals surface area contributed by atoms with E-state index in [1.54, 1.807) is 11.8 Å². The summed E-state index contributed by atoms with van der Waals surface area (Å²) in [5, 5.41) is 0. The minimum atomic E-state index is 1.29. The third kappa shape index (κ3) is 4.11. The second-order valence-electron chi connectivity index (χ2n) is 3.23. The quantitative estimate of drug-likeness (QED) is 0.685. The van der Waals surface area contributed by atoms with E-state index in [0.717, 1.165) is 0 Å². The van der Waals surface area contributed by atoms with Crippen molar-refractivity contribution in [2.75, 3.05) is 0 Å². The number of rotatable bonds is 2. The van der Waals surface area contributed by atoms with Gasteiger partial charge < -0.3 is 0 Å². The summed E-state index contributed by atoms with van der Waals surface area (Å²) in [7, 11) is 0. The predicted octanol–water partition coefficient (Wildman–Crippen LogP) is 5.17. The molecule has 0 aromatic heterocycles. The molecule has 0 saturated carbocycles. The molecule has 0 aliphatic heterocycles. The van der Waals surface area contributed by atoms with Gasteiger partial charge in [-0.05, 0) is 31.2 Å². The summed E-state index contributed by atoms with van der Waals surface area (Å²) < 4.78 is 0. The van der Waals surface area contributed by atoms with Crippen molar-refractivity contribution in [3.8, 4) is 0 Å². The second-order valence-corrected chi connectivity index (χ2v) is 4.38. The Bertz CT molecular complexity index is 390. The predicted molar refractivity (Wildman–Crippen MR) is 73.1 cm³/mol. The summed E-state index contributed by atoms with van der Waals surface area (Å²) in [4.78, 5) is 2.58. The molecule has 0 radical (unpaired) electrons. The second kappa shape index (κ2) is 7.13. The standard InChI is InChI=1S/C13H12S.C2H6/c1-11-7-9-13(10-8-11)14-12-5-3-2-4-6-12;1-2/h2-10H,1H3;1-2H3. The first-order chi connectivity index (χ1) is 7.84. The average molecular weight is 230 g/mol. The van der Waals surface area contributed by atoms with Crippen molar-refractivity contribution in [3.63, 3.8) is 0 Å². The van der Waals surface area contributed by atoms with Crippen LogP contribution in [0.5, 0.6) is 0 Å². The number of hydrogen-bond acceptors (Lipinski definition) is 1. The molecule has 2 aromatic carbocycles. The Hall–Kier alpha value is -1.21. The van der Waals surface area contributed by atoms with Crippen LogP contribution in [0, 0.1) is 6.92 Å². The highest BCUT2D eigenvalue weighted by Crippen LogP contribution is 2.26. The van der Waals surface area contributed by atoms with Crippen LogP contribution in [-0.2, 0) is 0 Å². The highest BCUT2D eigenvalue weighted by atomic mass is 32.2. The van der Waals surface area contributed by atoms with E-state index in [0.29, 0.717) is 0 Å². The fraction of sp³-hybridized carbons (Fsp3) is 0.200. The molecule has 1 heteroatoms. The summed E-state index contributed by atoms with van der Waals surface area (Å²) in [5.74, 6) is 0. The van der Waals surface area contributed by atoms with Crippen molar-refractivity contribution < 1.29 is 0 Å². The summed E-state index contributed by atoms with van der Waals surface area (Å²) in [5.41, 5.74) is 1.31. The molecule has 0 aliphatic rings. The Balaban J connectivity index is 0.000000606. The first kappa shape index (κ1) is 12.9. The Kier molecular flexibility index (Phi) is 5.73. The molecule has 84 valence electrons. The lowest BCUT2D eigenvalue weighted by molar-refractivity contribution is 1.36. The molecule has 0 aliphatic carbocycles. The van der Waals surface area contributed by atoms with Crippen LogP contribution in [0.15, 0.2) is 64.4 Å². The van der Waals surface area contributed by atoms with Crippen LogP contribution in [-0.4, -0.2) is 0 Å². The van der Waals surface area contributed by atoms with E-state index >= 15 is 0 Å². The Morgan fingerprint density at radius 2 is 1.19 bits per heavy atom. The zero-order chi connectivity index (χ0) is 11.8. The molecule has 0 heterocycles. The van der Waals surface area contributed by atoms with Crippen LogP contribution in [0.1, 0.15) is 19.4 Å². The van der Waals surface area contributed by atoms with Crippen molar-refractivity contribution >= 4 is 11.8 Å². The number of hydrogen-bond donors (Lipinski definition) is 0. The Morgan fingerprint density at radius 1 is 0.688 bits per heavy atom. The smallest absolute Gasteiger partial charge is 0.0122 e. The van der Waals surface area contributed by atoms with Crippen molar-refractivity contribution in [2.45, 2.75) is 30.6 Å². The van der Waals surface area contributed by atoms with Crippen molar-refractivity contribution in [2.24, 2.45) is 0 Å². The topological polar surface area (TPSA) is 0 Å². The summed E-state index contributed by atoms with van der Waals surface area (Å²) >= 11 is 1.80. The van der Waals surface area contributed by atoms with Gasteiger partial charge in [0.25, 0.3) is 0 Å². The van der Waals surface area contributed by atoms with Gasteiger partial charge in [-0.2, -0.15) is 0 Å². The maximum Gasteiger partial charge on any atom is 0.0122 e. The molecule has 0 bridgehead atoms. The van der Waals surface area contributed by atoms with Crippen LogP contribution in [0.2, 0.25) is 0 Å². The molecular weight excluding hydrogens is 212 g/mol. The van der Waals surface area contributed by atoms with Gasteiger partial charge in [-0.1, -0.05) is 61.5 Å². The molecular formula is C15H18S. The summed E-state index contributed by atoms with van der Waals surface area (Å²) in [6.45, 7) is 6.11. The molecule has 0 saturated heterocycles. The first-order valence-electron chi connectivity index (χ1n) is 5.64. The van der Waals surface area contributed by atoms with Gasteiger partial charge >= 0.3 is 0 Å². The SMILES string of the molecule is CC.Cc1ccc(Sc2ccccc2)cc1. The van der Waals surface area contributed by atoms with Gasteiger partial charge in [0.1, 0.15) is 0 Å². The molecule has 0 nitrogen and oxygen atoms in total. The lowest BCUT2D eigenvalue weighted by Gasteiger charge is -2.01. The summed E-state index contributed by atoms with van der Waals surface area (Å²) in [6.07, 6.45) is 0. The monoisotopic (exact) mass is 230 g/mol. The number of benzene rings is 2. The zero-order valence-electron chi connectivity index (χ0n) is 10.1. The molecule has 0 amide bonds. The van der Waals surface area contributed by atoms with E-state index in [1.807, 2.05) is 19.9 Å². The zero-order valence-corrected chi connectivity index (χ0v) is 10.9. The van der Waals surface area contributed by atoms with E-state index in [9.17, 15) is 0 Å². The van der Waals surface area contributed by atoms with E-state index in [2.05, 4.69) is 55.5 Å². The van der Waals surface area contributed by atoms with Gasteiger partial charge in [-0.15, -0.1) is 0 Å².